The molecule has 0 unspecified atom stereocenters. The van der Waals surface area contributed by atoms with E-state index in [4.69, 9.17) is 5.73 Å². The van der Waals surface area contributed by atoms with Crippen molar-refractivity contribution in [1.29, 1.82) is 0 Å². The van der Waals surface area contributed by atoms with Crippen molar-refractivity contribution in [2.24, 2.45) is 0 Å². The average Bonchev–Trinajstić information content (AvgIpc) is 2.47. The zero-order valence-corrected chi connectivity index (χ0v) is 11.2. The van der Waals surface area contributed by atoms with Gasteiger partial charge in [-0.25, -0.2) is 9.97 Å². The number of rotatable bonds is 2. The Balaban J connectivity index is 2.17. The number of aromatic nitrogens is 3. The molecule has 0 aliphatic heterocycles. The van der Waals surface area contributed by atoms with Gasteiger partial charge < -0.3 is 5.73 Å². The van der Waals surface area contributed by atoms with E-state index in [2.05, 4.69) is 21.0 Å². The quantitative estimate of drug-likeness (QED) is 0.724. The first-order valence-electron chi connectivity index (χ1n) is 5.77. The normalized spacial score (nSPS) is 10.8. The molecule has 5 heteroatoms. The number of hydrogen-bond donors (Lipinski definition) is 1. The van der Waals surface area contributed by atoms with Gasteiger partial charge in [-0.2, -0.15) is 0 Å². The third-order valence-corrected chi connectivity index (χ3v) is 3.64. The number of anilines is 1. The van der Waals surface area contributed by atoms with Crippen LogP contribution >= 0.6 is 11.8 Å². The van der Waals surface area contributed by atoms with E-state index < -0.39 is 0 Å². The molecule has 0 fully saturated rings. The van der Waals surface area contributed by atoms with Gasteiger partial charge >= 0.3 is 0 Å². The summed E-state index contributed by atoms with van der Waals surface area (Å²) in [5.41, 5.74) is 8.87. The van der Waals surface area contributed by atoms with Crippen molar-refractivity contribution in [3.63, 3.8) is 0 Å². The van der Waals surface area contributed by atoms with Crippen molar-refractivity contribution in [1.82, 2.24) is 15.0 Å². The number of hydrogen-bond acceptors (Lipinski definition) is 5. The molecule has 2 aromatic heterocycles. The van der Waals surface area contributed by atoms with Crippen LogP contribution in [0.1, 0.15) is 0 Å². The van der Waals surface area contributed by atoms with Crippen LogP contribution in [-0.2, 0) is 0 Å². The molecule has 2 heterocycles. The summed E-state index contributed by atoms with van der Waals surface area (Å²) in [6.45, 7) is 0. The standard InChI is InChI=1S/C14H12N4S/c1-19-11-4-10(6-16-7-11)9-2-3-13-12(5-9)14(15)18-8-17-13/h2-8H,1H3,(H2,15,17,18). The Morgan fingerprint density at radius 2 is 1.95 bits per heavy atom. The van der Waals surface area contributed by atoms with Crippen molar-refractivity contribution in [3.05, 3.63) is 43.0 Å². The topological polar surface area (TPSA) is 64.7 Å². The van der Waals surface area contributed by atoms with Gasteiger partial charge in [0, 0.05) is 28.2 Å². The van der Waals surface area contributed by atoms with Gasteiger partial charge in [-0.05, 0) is 30.0 Å². The summed E-state index contributed by atoms with van der Waals surface area (Å²) in [5.74, 6) is 0.501. The molecule has 0 aliphatic rings. The predicted molar refractivity (Wildman–Crippen MR) is 79.0 cm³/mol. The monoisotopic (exact) mass is 268 g/mol. The minimum atomic E-state index is 0.501. The zero-order valence-electron chi connectivity index (χ0n) is 10.4. The Morgan fingerprint density at radius 3 is 2.79 bits per heavy atom. The lowest BCUT2D eigenvalue weighted by atomic mass is 10.1. The molecule has 0 amide bonds. The van der Waals surface area contributed by atoms with Crippen LogP contribution in [0, 0.1) is 0 Å². The third kappa shape index (κ3) is 2.24. The molecule has 0 atom stereocenters. The SMILES string of the molecule is CSc1cncc(-c2ccc3ncnc(N)c3c2)c1. The summed E-state index contributed by atoms with van der Waals surface area (Å²) < 4.78 is 0. The first kappa shape index (κ1) is 11.9. The lowest BCUT2D eigenvalue weighted by Gasteiger charge is -2.06. The predicted octanol–water partition coefficient (Wildman–Crippen LogP) is 3.00. The Hall–Kier alpha value is -2.14. The van der Waals surface area contributed by atoms with E-state index >= 15 is 0 Å². The van der Waals surface area contributed by atoms with Crippen LogP contribution in [0.25, 0.3) is 22.0 Å². The summed E-state index contributed by atoms with van der Waals surface area (Å²) in [6.07, 6.45) is 7.22. The molecule has 19 heavy (non-hydrogen) atoms. The molecule has 2 N–H and O–H groups in total. The van der Waals surface area contributed by atoms with Crippen molar-refractivity contribution in [2.45, 2.75) is 4.90 Å². The van der Waals surface area contributed by atoms with E-state index in [9.17, 15) is 0 Å². The maximum absolute atomic E-state index is 5.89. The number of nitrogen functional groups attached to an aromatic ring is 1. The number of thioether (sulfide) groups is 1. The summed E-state index contributed by atoms with van der Waals surface area (Å²) in [4.78, 5) is 13.6. The molecule has 1 aromatic carbocycles. The van der Waals surface area contributed by atoms with Gasteiger partial charge in [0.15, 0.2) is 0 Å². The average molecular weight is 268 g/mol. The van der Waals surface area contributed by atoms with Gasteiger partial charge in [0.2, 0.25) is 0 Å². The van der Waals surface area contributed by atoms with Crippen LogP contribution in [0.5, 0.6) is 0 Å². The number of fused-ring (bicyclic) bond motifs is 1. The van der Waals surface area contributed by atoms with E-state index in [0.717, 1.165) is 26.9 Å². The molecule has 0 spiro atoms. The van der Waals surface area contributed by atoms with Crippen molar-refractivity contribution in [2.75, 3.05) is 12.0 Å². The van der Waals surface area contributed by atoms with Gasteiger partial charge in [-0.1, -0.05) is 6.07 Å². The van der Waals surface area contributed by atoms with E-state index in [1.54, 1.807) is 11.8 Å². The van der Waals surface area contributed by atoms with E-state index in [1.807, 2.05) is 36.8 Å². The second-order valence-electron chi connectivity index (χ2n) is 4.10. The Kier molecular flexibility index (Phi) is 3.05. The molecule has 0 saturated carbocycles. The van der Waals surface area contributed by atoms with Crippen LogP contribution < -0.4 is 5.73 Å². The van der Waals surface area contributed by atoms with E-state index in [-0.39, 0.29) is 0 Å². The maximum atomic E-state index is 5.89. The fourth-order valence-corrected chi connectivity index (χ4v) is 2.36. The third-order valence-electron chi connectivity index (χ3n) is 2.95. The largest absolute Gasteiger partial charge is 0.383 e. The number of nitrogens with two attached hydrogens (primary N) is 1. The molecule has 0 saturated heterocycles. The van der Waals surface area contributed by atoms with Crippen LogP contribution in [-0.4, -0.2) is 21.2 Å². The molecule has 3 aromatic rings. The number of benzene rings is 1. The van der Waals surface area contributed by atoms with Gasteiger partial charge in [-0.3, -0.25) is 4.98 Å². The first-order valence-corrected chi connectivity index (χ1v) is 7.00. The summed E-state index contributed by atoms with van der Waals surface area (Å²) in [6, 6.07) is 8.09. The highest BCUT2D eigenvalue weighted by Gasteiger charge is 2.04. The van der Waals surface area contributed by atoms with Gasteiger partial charge in [0.1, 0.15) is 12.1 Å². The Bertz CT molecular complexity index is 742. The minimum absolute atomic E-state index is 0.501. The fourth-order valence-electron chi connectivity index (χ4n) is 1.94. The van der Waals surface area contributed by atoms with Crippen LogP contribution in [0.2, 0.25) is 0 Å². The molecular formula is C14H12N4S. The minimum Gasteiger partial charge on any atom is -0.383 e. The van der Waals surface area contributed by atoms with Gasteiger partial charge in [0.25, 0.3) is 0 Å². The second kappa shape index (κ2) is 4.85. The summed E-state index contributed by atoms with van der Waals surface area (Å²) in [7, 11) is 0. The first-order chi connectivity index (χ1) is 9.28. The molecular weight excluding hydrogens is 256 g/mol. The summed E-state index contributed by atoms with van der Waals surface area (Å²) in [5, 5.41) is 0.870. The van der Waals surface area contributed by atoms with Crippen molar-refractivity contribution < 1.29 is 0 Å². The molecule has 0 radical (unpaired) electrons. The van der Waals surface area contributed by atoms with Crippen molar-refractivity contribution in [3.8, 4) is 11.1 Å². The number of nitrogens with zero attached hydrogens (tertiary/aromatic N) is 3. The molecule has 0 aliphatic carbocycles. The van der Waals surface area contributed by atoms with Gasteiger partial charge in [-0.15, -0.1) is 11.8 Å². The Labute approximate surface area is 115 Å². The highest BCUT2D eigenvalue weighted by molar-refractivity contribution is 7.98. The summed E-state index contributed by atoms with van der Waals surface area (Å²) >= 11 is 1.67. The van der Waals surface area contributed by atoms with Crippen molar-refractivity contribution >= 4 is 28.5 Å². The highest BCUT2D eigenvalue weighted by Crippen LogP contribution is 2.27. The molecule has 3 rings (SSSR count). The van der Waals surface area contributed by atoms with E-state index in [1.165, 1.54) is 6.33 Å². The van der Waals surface area contributed by atoms with E-state index in [0.29, 0.717) is 5.82 Å². The van der Waals surface area contributed by atoms with Crippen LogP contribution in [0.3, 0.4) is 0 Å². The number of pyridine rings is 1. The molecule has 4 nitrogen and oxygen atoms in total. The smallest absolute Gasteiger partial charge is 0.134 e. The lowest BCUT2D eigenvalue weighted by molar-refractivity contribution is 1.23. The molecule has 0 bridgehead atoms. The lowest BCUT2D eigenvalue weighted by Crippen LogP contribution is -1.93. The zero-order chi connectivity index (χ0) is 13.2. The van der Waals surface area contributed by atoms with Crippen LogP contribution in [0.4, 0.5) is 5.82 Å². The van der Waals surface area contributed by atoms with Gasteiger partial charge in [0.05, 0.1) is 5.52 Å². The second-order valence-corrected chi connectivity index (χ2v) is 4.98. The molecule has 94 valence electrons. The van der Waals surface area contributed by atoms with Crippen LogP contribution in [0.15, 0.2) is 47.9 Å². The maximum Gasteiger partial charge on any atom is 0.134 e. The Morgan fingerprint density at radius 1 is 1.05 bits per heavy atom. The fraction of sp³-hybridized carbons (Fsp3) is 0.0714. The highest BCUT2D eigenvalue weighted by atomic mass is 32.2.